The average molecular weight is 292 g/mol. The largest absolute Gasteiger partial charge is 0.389 e. The second-order valence-corrected chi connectivity index (χ2v) is 6.42. The van der Waals surface area contributed by atoms with Crippen molar-refractivity contribution in [3.8, 4) is 0 Å². The lowest BCUT2D eigenvalue weighted by Crippen LogP contribution is -2.41. The van der Waals surface area contributed by atoms with E-state index in [1.165, 1.54) is 12.1 Å². The van der Waals surface area contributed by atoms with Crippen LogP contribution in [0.4, 0.5) is 0 Å². The molecule has 0 amide bonds. The highest BCUT2D eigenvalue weighted by atomic mass is 35.5. The number of sulfonamides is 1. The number of aliphatic hydroxyl groups is 1. The summed E-state index contributed by atoms with van der Waals surface area (Å²) in [6, 6.07) is 6.02. The van der Waals surface area contributed by atoms with Crippen LogP contribution in [0.3, 0.4) is 0 Å². The molecule has 0 bridgehead atoms. The summed E-state index contributed by atoms with van der Waals surface area (Å²) in [4.78, 5) is 0.101. The van der Waals surface area contributed by atoms with Gasteiger partial charge in [-0.2, -0.15) is 0 Å². The lowest BCUT2D eigenvalue weighted by molar-refractivity contribution is 0.0377. The minimum Gasteiger partial charge on any atom is -0.389 e. The molecule has 4 nitrogen and oxygen atoms in total. The summed E-state index contributed by atoms with van der Waals surface area (Å²) in [6.45, 7) is 3.63. The van der Waals surface area contributed by atoms with E-state index in [2.05, 4.69) is 4.72 Å². The summed E-state index contributed by atoms with van der Waals surface area (Å²) >= 11 is 5.75. The highest BCUT2D eigenvalue weighted by Gasteiger charge is 2.25. The van der Waals surface area contributed by atoms with Crippen molar-refractivity contribution in [1.82, 2.24) is 4.72 Å². The van der Waals surface area contributed by atoms with Crippen molar-refractivity contribution in [3.05, 3.63) is 29.3 Å². The normalized spacial score (nSPS) is 12.7. The fourth-order valence-corrected chi connectivity index (χ4v) is 2.87. The Morgan fingerprint density at radius 2 is 1.94 bits per heavy atom. The van der Waals surface area contributed by atoms with Crippen molar-refractivity contribution < 1.29 is 13.5 Å². The number of hydrogen-bond donors (Lipinski definition) is 2. The summed E-state index contributed by atoms with van der Waals surface area (Å²) in [7, 11) is -3.63. The molecule has 0 saturated heterocycles. The van der Waals surface area contributed by atoms with Gasteiger partial charge in [-0.1, -0.05) is 31.5 Å². The second-order valence-electron chi connectivity index (χ2n) is 4.21. The summed E-state index contributed by atoms with van der Waals surface area (Å²) < 4.78 is 26.4. The molecule has 0 aromatic heterocycles. The fraction of sp³-hybridized carbons (Fsp3) is 0.500. The zero-order valence-electron chi connectivity index (χ0n) is 10.5. The standard InChI is InChI=1S/C12H18ClNO3S/c1-3-12(15,4-2)9-14-18(16,17)11-7-5-6-10(13)8-11/h5-8,14-15H,3-4,9H2,1-2H3. The van der Waals surface area contributed by atoms with Gasteiger partial charge in [0.1, 0.15) is 0 Å². The van der Waals surface area contributed by atoms with Gasteiger partial charge in [0.05, 0.1) is 10.5 Å². The van der Waals surface area contributed by atoms with Crippen molar-refractivity contribution in [1.29, 1.82) is 0 Å². The number of benzene rings is 1. The molecule has 1 rings (SSSR count). The Balaban J connectivity index is 2.84. The van der Waals surface area contributed by atoms with Crippen LogP contribution in [0.15, 0.2) is 29.2 Å². The van der Waals surface area contributed by atoms with E-state index in [9.17, 15) is 13.5 Å². The van der Waals surface area contributed by atoms with Gasteiger partial charge < -0.3 is 5.11 Å². The van der Waals surface area contributed by atoms with E-state index in [4.69, 9.17) is 11.6 Å². The van der Waals surface area contributed by atoms with Crippen LogP contribution in [0.2, 0.25) is 5.02 Å². The van der Waals surface area contributed by atoms with Gasteiger partial charge in [-0.3, -0.25) is 0 Å². The van der Waals surface area contributed by atoms with Gasteiger partial charge in [-0.25, -0.2) is 13.1 Å². The van der Waals surface area contributed by atoms with E-state index in [1.807, 2.05) is 13.8 Å². The maximum absolute atomic E-state index is 12.0. The Labute approximate surface area is 113 Å². The molecule has 0 radical (unpaired) electrons. The quantitative estimate of drug-likeness (QED) is 0.844. The van der Waals surface area contributed by atoms with Crippen LogP contribution in [0.25, 0.3) is 0 Å². The van der Waals surface area contributed by atoms with E-state index in [0.29, 0.717) is 17.9 Å². The molecule has 2 N–H and O–H groups in total. The first kappa shape index (κ1) is 15.4. The first-order chi connectivity index (χ1) is 8.33. The van der Waals surface area contributed by atoms with Crippen LogP contribution in [0.5, 0.6) is 0 Å². The molecule has 18 heavy (non-hydrogen) atoms. The van der Waals surface area contributed by atoms with E-state index < -0.39 is 15.6 Å². The van der Waals surface area contributed by atoms with E-state index >= 15 is 0 Å². The Hall–Kier alpha value is -0.620. The molecule has 0 fully saturated rings. The van der Waals surface area contributed by atoms with Crippen LogP contribution in [0.1, 0.15) is 26.7 Å². The molecule has 0 atom stereocenters. The van der Waals surface area contributed by atoms with Gasteiger partial charge >= 0.3 is 0 Å². The molecule has 1 aromatic carbocycles. The van der Waals surface area contributed by atoms with Gasteiger partial charge in [0, 0.05) is 11.6 Å². The third kappa shape index (κ3) is 3.95. The zero-order chi connectivity index (χ0) is 13.8. The van der Waals surface area contributed by atoms with Gasteiger partial charge in [0.25, 0.3) is 0 Å². The lowest BCUT2D eigenvalue weighted by atomic mass is 9.98. The molecule has 0 unspecified atom stereocenters. The minimum atomic E-state index is -3.63. The first-order valence-corrected chi connectivity index (χ1v) is 7.67. The van der Waals surface area contributed by atoms with Crippen molar-refractivity contribution in [2.24, 2.45) is 0 Å². The Kier molecular flexibility index (Phi) is 5.16. The van der Waals surface area contributed by atoms with Crippen molar-refractivity contribution in [3.63, 3.8) is 0 Å². The van der Waals surface area contributed by atoms with Crippen molar-refractivity contribution in [2.75, 3.05) is 6.54 Å². The number of hydrogen-bond acceptors (Lipinski definition) is 3. The summed E-state index contributed by atoms with van der Waals surface area (Å²) in [5.41, 5.74) is -1.01. The second kappa shape index (κ2) is 6.02. The van der Waals surface area contributed by atoms with Gasteiger partial charge in [-0.15, -0.1) is 0 Å². The molecule has 0 saturated carbocycles. The maximum Gasteiger partial charge on any atom is 0.240 e. The highest BCUT2D eigenvalue weighted by Crippen LogP contribution is 2.17. The lowest BCUT2D eigenvalue weighted by Gasteiger charge is -2.25. The monoisotopic (exact) mass is 291 g/mol. The average Bonchev–Trinajstić information content (AvgIpc) is 2.36. The van der Waals surface area contributed by atoms with Crippen LogP contribution < -0.4 is 4.72 Å². The predicted molar refractivity (Wildman–Crippen MR) is 72.2 cm³/mol. The third-order valence-corrected chi connectivity index (χ3v) is 4.65. The molecule has 102 valence electrons. The molecule has 1 aromatic rings. The molecular weight excluding hydrogens is 274 g/mol. The van der Waals surface area contributed by atoms with Crippen LogP contribution >= 0.6 is 11.6 Å². The van der Waals surface area contributed by atoms with Crippen LogP contribution in [-0.4, -0.2) is 25.7 Å². The van der Waals surface area contributed by atoms with Gasteiger partial charge in [-0.05, 0) is 31.0 Å². The summed E-state index contributed by atoms with van der Waals surface area (Å²) in [6.07, 6.45) is 0.975. The van der Waals surface area contributed by atoms with Crippen molar-refractivity contribution >= 4 is 21.6 Å². The molecule has 0 aliphatic rings. The van der Waals surface area contributed by atoms with E-state index in [1.54, 1.807) is 12.1 Å². The number of rotatable bonds is 6. The van der Waals surface area contributed by atoms with E-state index in [-0.39, 0.29) is 11.4 Å². The maximum atomic E-state index is 12.0. The SMILES string of the molecule is CCC(O)(CC)CNS(=O)(=O)c1cccc(Cl)c1. The topological polar surface area (TPSA) is 66.4 Å². The summed E-state index contributed by atoms with van der Waals surface area (Å²) in [5.74, 6) is 0. The molecular formula is C12H18ClNO3S. The van der Waals surface area contributed by atoms with Crippen LogP contribution in [-0.2, 0) is 10.0 Å². The first-order valence-electron chi connectivity index (χ1n) is 5.80. The Morgan fingerprint density at radius 3 is 2.44 bits per heavy atom. The highest BCUT2D eigenvalue weighted by molar-refractivity contribution is 7.89. The van der Waals surface area contributed by atoms with Gasteiger partial charge in [0.2, 0.25) is 10.0 Å². The molecule has 0 aliphatic heterocycles. The van der Waals surface area contributed by atoms with Crippen LogP contribution in [0, 0.1) is 0 Å². The van der Waals surface area contributed by atoms with Crippen molar-refractivity contribution in [2.45, 2.75) is 37.2 Å². The number of nitrogens with one attached hydrogen (secondary N) is 1. The minimum absolute atomic E-state index is 0.00511. The molecule has 6 heteroatoms. The zero-order valence-corrected chi connectivity index (χ0v) is 12.1. The molecule has 0 aliphatic carbocycles. The van der Waals surface area contributed by atoms with E-state index in [0.717, 1.165) is 0 Å². The third-order valence-electron chi connectivity index (χ3n) is 3.01. The smallest absolute Gasteiger partial charge is 0.240 e. The number of halogens is 1. The molecule has 0 heterocycles. The molecule has 0 spiro atoms. The fourth-order valence-electron chi connectivity index (χ4n) is 1.45. The van der Waals surface area contributed by atoms with Gasteiger partial charge in [0.15, 0.2) is 0 Å². The Morgan fingerprint density at radius 1 is 1.33 bits per heavy atom. The predicted octanol–water partition coefficient (Wildman–Crippen LogP) is 2.17. The Bertz CT molecular complexity index is 498. The summed E-state index contributed by atoms with van der Waals surface area (Å²) in [5, 5.41) is 10.4.